The van der Waals surface area contributed by atoms with Crippen LogP contribution in [-0.2, 0) is 0 Å². The molecule has 32 valence electrons. The van der Waals surface area contributed by atoms with E-state index in [9.17, 15) is 0 Å². The Balaban J connectivity index is 2.19. The monoisotopic (exact) mass is 122 g/mol. The van der Waals surface area contributed by atoms with Gasteiger partial charge in [0, 0.05) is 0 Å². The first-order chi connectivity index (χ1) is 2.41. The minimum atomic E-state index is 0.410. The third-order valence-electron chi connectivity index (χ3n) is 0.408. The Morgan fingerprint density at radius 1 is 2.00 bits per heavy atom. The van der Waals surface area contributed by atoms with Crippen LogP contribution >= 0.6 is 10.7 Å². The zero-order valence-corrected chi connectivity index (χ0v) is 8.05. The second kappa shape index (κ2) is 4.78. The van der Waals surface area contributed by atoms with Crippen molar-refractivity contribution in [2.24, 2.45) is 0 Å². The largest absolute Gasteiger partial charge is 0.225 e. The molecule has 0 unspecified atom stereocenters. The molecular weight excluding hydrogens is 112 g/mol. The summed E-state index contributed by atoms with van der Waals surface area (Å²) in [6.45, 7) is 2.27. The predicted octanol–water partition coefficient (Wildman–Crippen LogP) is -0.478. The van der Waals surface area contributed by atoms with Gasteiger partial charge in [0.1, 0.15) is 0 Å². The van der Waals surface area contributed by atoms with E-state index in [1.165, 1.54) is 15.4 Å². The molecule has 0 saturated carbocycles. The first-order valence-corrected chi connectivity index (χ1v) is 8.48. The van der Waals surface area contributed by atoms with E-state index in [1.54, 1.807) is 0 Å². The van der Waals surface area contributed by atoms with Crippen LogP contribution in [0.15, 0.2) is 0 Å². The van der Waals surface area contributed by atoms with Crippen LogP contribution in [-0.4, -0.2) is 18.1 Å². The fourth-order valence-corrected chi connectivity index (χ4v) is 5.51. The van der Waals surface area contributed by atoms with Crippen LogP contribution < -0.4 is 0 Å². The van der Waals surface area contributed by atoms with Crippen LogP contribution in [0, 0.1) is 0 Å². The predicted molar refractivity (Wildman–Crippen MR) is 36.6 cm³/mol. The molecule has 0 aliphatic rings. The van der Waals surface area contributed by atoms with Crippen molar-refractivity contribution in [2.75, 3.05) is 0 Å². The zero-order valence-electron chi connectivity index (χ0n) is 3.82. The van der Waals surface area contributed by atoms with Crippen LogP contribution in [0.5, 0.6) is 0 Å². The summed E-state index contributed by atoms with van der Waals surface area (Å²) in [6.07, 6.45) is 0. The number of hydrogen-bond acceptors (Lipinski definition) is 1. The Hall–Kier alpha value is 0.784. The van der Waals surface area contributed by atoms with E-state index < -0.39 is 0 Å². The molecule has 0 bridgehead atoms. The van der Waals surface area contributed by atoms with Gasteiger partial charge < -0.3 is 0 Å². The van der Waals surface area contributed by atoms with Gasteiger partial charge in [0.2, 0.25) is 0 Å². The van der Waals surface area contributed by atoms with Crippen molar-refractivity contribution in [3.63, 3.8) is 0 Å². The maximum atomic E-state index is 2.27. The fourth-order valence-electron chi connectivity index (χ4n) is 0.204. The van der Waals surface area contributed by atoms with E-state index in [0.717, 1.165) is 0 Å². The summed E-state index contributed by atoms with van der Waals surface area (Å²) in [5, 5.41) is 0. The Kier molecular flexibility index (Phi) is 5.53. The molecule has 0 amide bonds. The molecule has 0 N–H and O–H groups in total. The lowest BCUT2D eigenvalue weighted by molar-refractivity contribution is 1.48. The van der Waals surface area contributed by atoms with Gasteiger partial charge in [0.05, 0.1) is 18.1 Å². The quantitative estimate of drug-likeness (QED) is 0.446. The van der Waals surface area contributed by atoms with E-state index in [2.05, 4.69) is 17.6 Å². The molecule has 5 heavy (non-hydrogen) atoms. The van der Waals surface area contributed by atoms with E-state index >= 15 is 0 Å². The molecule has 0 nitrogen and oxygen atoms in total. The SMILES string of the molecule is CC[SiH2]S[SiH3]. The van der Waals surface area contributed by atoms with Crippen LogP contribution in [0.1, 0.15) is 6.92 Å². The molecule has 0 saturated heterocycles. The lowest BCUT2D eigenvalue weighted by atomic mass is 11.0. The van der Waals surface area contributed by atoms with E-state index in [1.807, 2.05) is 0 Å². The highest BCUT2D eigenvalue weighted by molar-refractivity contribution is 8.38. The van der Waals surface area contributed by atoms with Crippen molar-refractivity contribution >= 4 is 28.7 Å². The molecule has 0 spiro atoms. The summed E-state index contributed by atoms with van der Waals surface area (Å²) in [6, 6.07) is 1.48. The summed E-state index contributed by atoms with van der Waals surface area (Å²) in [5.74, 6) is 0. The summed E-state index contributed by atoms with van der Waals surface area (Å²) < 4.78 is 0. The van der Waals surface area contributed by atoms with Crippen molar-refractivity contribution in [1.29, 1.82) is 0 Å². The van der Waals surface area contributed by atoms with Gasteiger partial charge in [-0.25, -0.2) is 10.7 Å². The van der Waals surface area contributed by atoms with Crippen LogP contribution in [0.4, 0.5) is 0 Å². The molecule has 0 rings (SSSR count). The van der Waals surface area contributed by atoms with Gasteiger partial charge in [-0.15, -0.1) is 0 Å². The minimum absolute atomic E-state index is 0.410. The first-order valence-electron chi connectivity index (χ1n) is 1.90. The molecule has 0 radical (unpaired) electrons. The first kappa shape index (κ1) is 5.78. The highest BCUT2D eigenvalue weighted by Gasteiger charge is 1.69. The van der Waals surface area contributed by atoms with Gasteiger partial charge >= 0.3 is 0 Å². The van der Waals surface area contributed by atoms with Crippen LogP contribution in [0.3, 0.4) is 0 Å². The Morgan fingerprint density at radius 2 is 2.60 bits per heavy atom. The molecule has 0 aromatic rings. The van der Waals surface area contributed by atoms with Crippen LogP contribution in [0.2, 0.25) is 6.04 Å². The van der Waals surface area contributed by atoms with Crippen molar-refractivity contribution in [2.45, 2.75) is 13.0 Å². The Bertz CT molecular complexity index is 15.1. The van der Waals surface area contributed by atoms with Gasteiger partial charge in [-0.3, -0.25) is 0 Å². The molecule has 0 fully saturated rings. The lowest BCUT2D eigenvalue weighted by Crippen LogP contribution is -1.72. The van der Waals surface area contributed by atoms with Gasteiger partial charge in [-0.2, -0.15) is 0 Å². The van der Waals surface area contributed by atoms with Gasteiger partial charge in [-0.1, -0.05) is 13.0 Å². The summed E-state index contributed by atoms with van der Waals surface area (Å²) in [5.41, 5.74) is 0. The zero-order chi connectivity index (χ0) is 4.12. The third-order valence-corrected chi connectivity index (χ3v) is 7.35. The summed E-state index contributed by atoms with van der Waals surface area (Å²) in [7, 11) is 3.97. The second-order valence-corrected chi connectivity index (χ2v) is 11.1. The summed E-state index contributed by atoms with van der Waals surface area (Å²) in [4.78, 5) is 0. The average Bonchev–Trinajstić information content (AvgIpc) is 1.41. The normalized spacial score (nSPS) is 11.4. The lowest BCUT2D eigenvalue weighted by Gasteiger charge is -1.78. The molecule has 0 atom stereocenters. The third kappa shape index (κ3) is 4.78. The molecule has 0 aromatic heterocycles. The number of hydrogen-bond donors (Lipinski definition) is 0. The van der Waals surface area contributed by atoms with E-state index in [0.29, 0.717) is 8.67 Å². The highest BCUT2D eigenvalue weighted by Crippen LogP contribution is 1.86. The van der Waals surface area contributed by atoms with Crippen molar-refractivity contribution in [3.05, 3.63) is 0 Å². The standard InChI is InChI=1S/C2H10SSi2/c1-2-5-3-4/h2,5H2,1,4H3. The Morgan fingerprint density at radius 3 is 2.60 bits per heavy atom. The molecule has 0 aliphatic heterocycles. The second-order valence-electron chi connectivity index (χ2n) is 0.993. The highest BCUT2D eigenvalue weighted by atomic mass is 32.5. The van der Waals surface area contributed by atoms with Gasteiger partial charge in [0.15, 0.2) is 0 Å². The number of rotatable bonds is 2. The Labute approximate surface area is 42.3 Å². The topological polar surface area (TPSA) is 0 Å². The van der Waals surface area contributed by atoms with Crippen molar-refractivity contribution < 1.29 is 0 Å². The molecular formula is C2H10SSi2. The van der Waals surface area contributed by atoms with Gasteiger partial charge in [-0.05, 0) is 0 Å². The minimum Gasteiger partial charge on any atom is -0.225 e. The summed E-state index contributed by atoms with van der Waals surface area (Å²) >= 11 is 0. The maximum absolute atomic E-state index is 2.27. The van der Waals surface area contributed by atoms with Gasteiger partial charge in [0.25, 0.3) is 0 Å². The fraction of sp³-hybridized carbons (Fsp3) is 1.00. The molecule has 0 heterocycles. The molecule has 0 aliphatic carbocycles. The smallest absolute Gasteiger partial charge is 0.0765 e. The van der Waals surface area contributed by atoms with Crippen molar-refractivity contribution in [1.82, 2.24) is 0 Å². The van der Waals surface area contributed by atoms with E-state index in [4.69, 9.17) is 0 Å². The molecule has 3 heteroatoms. The maximum Gasteiger partial charge on any atom is 0.0765 e. The molecule has 0 aromatic carbocycles. The van der Waals surface area contributed by atoms with Crippen LogP contribution in [0.25, 0.3) is 0 Å². The van der Waals surface area contributed by atoms with E-state index in [-0.39, 0.29) is 0 Å². The van der Waals surface area contributed by atoms with Crippen molar-refractivity contribution in [3.8, 4) is 0 Å². The average molecular weight is 122 g/mol.